The van der Waals surface area contributed by atoms with Gasteiger partial charge in [0.15, 0.2) is 0 Å². The number of rotatable bonds is 0. The van der Waals surface area contributed by atoms with Crippen molar-refractivity contribution in [2.45, 2.75) is 6.85 Å². The Bertz CT molecular complexity index is 279. The van der Waals surface area contributed by atoms with Crippen LogP contribution in [0.1, 0.15) is 9.94 Å². The van der Waals surface area contributed by atoms with E-state index in [4.69, 9.17) is 27.3 Å². The lowest BCUT2D eigenvalue weighted by Gasteiger charge is -1.91. The third-order valence-electron chi connectivity index (χ3n) is 0.664. The second-order valence-electron chi connectivity index (χ2n) is 1.34. The predicted molar refractivity (Wildman–Crippen MR) is 36.8 cm³/mol. The Morgan fingerprint density at radius 2 is 2.00 bits per heavy atom. The summed E-state index contributed by atoms with van der Waals surface area (Å²) in [6, 6.07) is 1.28. The average Bonchev–Trinajstić information content (AvgIpc) is 1.82. The van der Waals surface area contributed by atoms with E-state index in [1.165, 1.54) is 6.07 Å². The molecule has 48 valence electrons. The summed E-state index contributed by atoms with van der Waals surface area (Å²) in [4.78, 5) is 7.03. The summed E-state index contributed by atoms with van der Waals surface area (Å²) >= 11 is 10.9. The van der Waals surface area contributed by atoms with E-state index in [1.807, 2.05) is 0 Å². The van der Waals surface area contributed by atoms with Crippen molar-refractivity contribution in [2.24, 2.45) is 0 Å². The first-order valence-corrected chi connectivity index (χ1v) is 2.86. The van der Waals surface area contributed by atoms with E-state index in [0.29, 0.717) is 0 Å². The Morgan fingerprint density at radius 3 is 2.44 bits per heavy atom. The molecule has 0 N–H and O–H groups in total. The van der Waals surface area contributed by atoms with Crippen LogP contribution in [0.5, 0.6) is 0 Å². The van der Waals surface area contributed by atoms with E-state index in [-0.39, 0.29) is 16.1 Å². The molecule has 1 heterocycles. The number of hydrogen-bond donors (Lipinski definition) is 0. The summed E-state index contributed by atoms with van der Waals surface area (Å²) < 4.78 is 20.9. The molecule has 0 atom stereocenters. The van der Waals surface area contributed by atoms with Gasteiger partial charge in [0.1, 0.15) is 16.1 Å². The molecular weight excluding hydrogens is 160 g/mol. The van der Waals surface area contributed by atoms with E-state index in [1.54, 1.807) is 0 Å². The molecule has 0 amide bonds. The van der Waals surface area contributed by atoms with Crippen LogP contribution in [-0.2, 0) is 0 Å². The maximum Gasteiger partial charge on any atom is 0.134 e. The molecule has 0 unspecified atom stereocenters. The zero-order valence-electron chi connectivity index (χ0n) is 7.23. The molecule has 0 radical (unpaired) electrons. The van der Waals surface area contributed by atoms with Crippen molar-refractivity contribution in [2.75, 3.05) is 0 Å². The van der Waals surface area contributed by atoms with Gasteiger partial charge in [-0.3, -0.25) is 0 Å². The summed E-state index contributed by atoms with van der Waals surface area (Å²) in [6.07, 6.45) is 0. The van der Waals surface area contributed by atoms with Gasteiger partial charge in [-0.2, -0.15) is 0 Å². The van der Waals surface area contributed by atoms with Gasteiger partial charge in [-0.05, 0) is 6.85 Å². The monoisotopic (exact) mass is 166 g/mol. The van der Waals surface area contributed by atoms with Gasteiger partial charge in [0, 0.05) is 10.2 Å². The first-order valence-electron chi connectivity index (χ1n) is 3.60. The summed E-state index contributed by atoms with van der Waals surface area (Å²) in [5, 5.41) is 0.0576. The van der Waals surface area contributed by atoms with Crippen LogP contribution in [0.4, 0.5) is 0 Å². The Hall–Kier alpha value is -0.340. The zero-order valence-corrected chi connectivity index (χ0v) is 5.74. The smallest absolute Gasteiger partial charge is 0.134 e. The number of aryl methyl sites for hydroxylation is 1. The van der Waals surface area contributed by atoms with Gasteiger partial charge in [-0.15, -0.1) is 0 Å². The first kappa shape index (κ1) is 3.74. The molecule has 0 spiro atoms. The fourth-order valence-electron chi connectivity index (χ4n) is 0.390. The van der Waals surface area contributed by atoms with Crippen LogP contribution < -0.4 is 0 Å². The number of hydrogen-bond acceptors (Lipinski definition) is 2. The maximum absolute atomic E-state index is 6.96. The molecule has 0 aromatic carbocycles. The zero-order chi connectivity index (χ0) is 9.35. The number of halogens is 2. The van der Waals surface area contributed by atoms with Crippen LogP contribution in [0.2, 0.25) is 10.3 Å². The van der Waals surface area contributed by atoms with Gasteiger partial charge < -0.3 is 0 Å². The van der Waals surface area contributed by atoms with E-state index < -0.39 is 6.85 Å². The van der Waals surface area contributed by atoms with Crippen molar-refractivity contribution >= 4 is 23.2 Å². The van der Waals surface area contributed by atoms with E-state index in [9.17, 15) is 0 Å². The summed E-state index contributed by atoms with van der Waals surface area (Å²) in [5.74, 6) is -0.333. The van der Waals surface area contributed by atoms with Crippen molar-refractivity contribution in [3.05, 3.63) is 22.2 Å². The highest BCUT2D eigenvalue weighted by Gasteiger charge is 1.94. The van der Waals surface area contributed by atoms with Crippen LogP contribution in [0, 0.1) is 6.85 Å². The highest BCUT2D eigenvalue weighted by atomic mass is 35.5. The molecule has 0 saturated carbocycles. The standard InChI is InChI=1S/C5H4Cl2N2/c1-3-8-4(6)2-5(7)9-3/h2H,1H3/i1+1D3. The Morgan fingerprint density at radius 1 is 1.44 bits per heavy atom. The molecule has 1 aromatic rings. The normalized spacial score (nSPS) is 16.0. The van der Waals surface area contributed by atoms with Crippen molar-refractivity contribution in [1.82, 2.24) is 9.97 Å². The molecule has 1 rings (SSSR count). The van der Waals surface area contributed by atoms with Gasteiger partial charge >= 0.3 is 0 Å². The number of aromatic nitrogens is 2. The fourth-order valence-corrected chi connectivity index (χ4v) is 0.813. The quantitative estimate of drug-likeness (QED) is 0.436. The predicted octanol–water partition coefficient (Wildman–Crippen LogP) is 2.09. The van der Waals surface area contributed by atoms with Gasteiger partial charge in [-0.25, -0.2) is 9.97 Å². The minimum atomic E-state index is -2.37. The van der Waals surface area contributed by atoms with E-state index >= 15 is 0 Å². The molecule has 9 heavy (non-hydrogen) atoms. The van der Waals surface area contributed by atoms with Gasteiger partial charge in [0.2, 0.25) is 0 Å². The molecule has 4 heteroatoms. The highest BCUT2D eigenvalue weighted by Crippen LogP contribution is 2.10. The molecule has 0 saturated heterocycles. The maximum atomic E-state index is 6.96. The second kappa shape index (κ2) is 2.50. The number of nitrogens with zero attached hydrogens (tertiary/aromatic N) is 2. The minimum Gasteiger partial charge on any atom is -0.221 e. The molecule has 0 bridgehead atoms. The molecule has 1 aromatic heterocycles. The van der Waals surface area contributed by atoms with Crippen molar-refractivity contribution in [3.63, 3.8) is 0 Å². The van der Waals surface area contributed by atoms with Crippen molar-refractivity contribution in [1.29, 1.82) is 0 Å². The minimum absolute atomic E-state index is 0.0288. The van der Waals surface area contributed by atoms with Crippen LogP contribution >= 0.6 is 23.2 Å². The molecule has 2 nitrogen and oxygen atoms in total. The summed E-state index contributed by atoms with van der Waals surface area (Å²) in [6.45, 7) is -2.37. The van der Waals surface area contributed by atoms with Crippen LogP contribution in [-0.4, -0.2) is 9.97 Å². The van der Waals surface area contributed by atoms with Gasteiger partial charge in [0.05, 0.1) is 0 Å². The topological polar surface area (TPSA) is 25.8 Å². The van der Waals surface area contributed by atoms with E-state index in [0.717, 1.165) is 0 Å². The Balaban J connectivity index is 3.18. The largest absolute Gasteiger partial charge is 0.221 e. The summed E-state index contributed by atoms with van der Waals surface area (Å²) in [7, 11) is 0. The average molecular weight is 167 g/mol. The van der Waals surface area contributed by atoms with Gasteiger partial charge in [-0.1, -0.05) is 23.2 Å². The van der Waals surface area contributed by atoms with Crippen LogP contribution in [0.3, 0.4) is 0 Å². The lowest BCUT2D eigenvalue weighted by molar-refractivity contribution is 1.05. The second-order valence-corrected chi connectivity index (χ2v) is 2.11. The van der Waals surface area contributed by atoms with Gasteiger partial charge in [0.25, 0.3) is 0 Å². The third-order valence-corrected chi connectivity index (χ3v) is 1.05. The molecule has 0 aliphatic carbocycles. The summed E-state index contributed by atoms with van der Waals surface area (Å²) in [5.41, 5.74) is 0. The van der Waals surface area contributed by atoms with Crippen molar-refractivity contribution in [3.8, 4) is 0 Å². The van der Waals surface area contributed by atoms with Crippen LogP contribution in [0.25, 0.3) is 0 Å². The third kappa shape index (κ3) is 1.80. The van der Waals surface area contributed by atoms with Crippen LogP contribution in [0.15, 0.2) is 6.07 Å². The molecule has 0 aliphatic heterocycles. The molecular formula is C5H4Cl2N2. The van der Waals surface area contributed by atoms with Crippen molar-refractivity contribution < 1.29 is 4.11 Å². The Kier molecular flexibility index (Phi) is 1.04. The Labute approximate surface area is 67.1 Å². The lowest BCUT2D eigenvalue weighted by atomic mass is 10.6. The highest BCUT2D eigenvalue weighted by molar-refractivity contribution is 6.33. The molecule has 0 fully saturated rings. The first-order chi connectivity index (χ1) is 5.39. The van der Waals surface area contributed by atoms with E-state index in [2.05, 4.69) is 9.97 Å². The SMILES string of the molecule is [2H][13C]([2H])([2H])c1nc(Cl)cc(Cl)n1. The fraction of sp³-hybridized carbons (Fsp3) is 0.200. The molecule has 0 aliphatic rings. The lowest BCUT2D eigenvalue weighted by Crippen LogP contribution is -1.86.